The molecule has 0 saturated carbocycles. The highest BCUT2D eigenvalue weighted by Crippen LogP contribution is 2.30. The van der Waals surface area contributed by atoms with Crippen LogP contribution in [0.4, 0.5) is 11.4 Å². The maximum atomic E-state index is 6.39. The molecular weight excluding hydrogens is 268 g/mol. The molecule has 0 aromatic heterocycles. The summed E-state index contributed by atoms with van der Waals surface area (Å²) in [6, 6.07) is 6.75. The normalized spacial score (nSPS) is 12.4. The lowest BCUT2D eigenvalue weighted by molar-refractivity contribution is 0.624. The molecule has 0 aliphatic rings. The van der Waals surface area contributed by atoms with Gasteiger partial charge >= 0.3 is 0 Å². The van der Waals surface area contributed by atoms with Gasteiger partial charge in [0.15, 0.2) is 0 Å². The van der Waals surface area contributed by atoms with Crippen molar-refractivity contribution in [1.82, 2.24) is 0 Å². The zero-order chi connectivity index (χ0) is 16.4. The molecule has 1 aromatic rings. The topological polar surface area (TPSA) is 29.3 Å². The van der Waals surface area contributed by atoms with Crippen LogP contribution < -0.4 is 10.6 Å². The van der Waals surface area contributed by atoms with E-state index in [-0.39, 0.29) is 0 Å². The first-order chi connectivity index (χ1) is 10.6. The van der Waals surface area contributed by atoms with Crippen LogP contribution in [0.2, 0.25) is 0 Å². The molecular formula is C20H36N2. The number of rotatable bonds is 11. The van der Waals surface area contributed by atoms with E-state index < -0.39 is 0 Å². The van der Waals surface area contributed by atoms with Crippen LogP contribution in [0, 0.1) is 0 Å². The SMILES string of the molecule is CCCCC(C)c1ccc(N(CCCC)CCCC)c(N)c1. The zero-order valence-corrected chi connectivity index (χ0v) is 15.2. The Morgan fingerprint density at radius 3 is 2.05 bits per heavy atom. The lowest BCUT2D eigenvalue weighted by atomic mass is 9.94. The molecule has 2 heteroatoms. The van der Waals surface area contributed by atoms with Crippen LogP contribution in [0.3, 0.4) is 0 Å². The molecule has 2 N–H and O–H groups in total. The van der Waals surface area contributed by atoms with E-state index in [1.54, 1.807) is 0 Å². The van der Waals surface area contributed by atoms with Crippen LogP contribution >= 0.6 is 0 Å². The van der Waals surface area contributed by atoms with Crippen molar-refractivity contribution in [3.63, 3.8) is 0 Å². The third kappa shape index (κ3) is 5.90. The van der Waals surface area contributed by atoms with Crippen LogP contribution in [0.25, 0.3) is 0 Å². The zero-order valence-electron chi connectivity index (χ0n) is 15.2. The molecule has 0 fully saturated rings. The van der Waals surface area contributed by atoms with Crippen LogP contribution in [0.5, 0.6) is 0 Å². The molecule has 1 atom stereocenters. The third-order valence-corrected chi connectivity index (χ3v) is 4.52. The minimum Gasteiger partial charge on any atom is -0.397 e. The predicted octanol–water partition coefficient (Wildman–Crippen LogP) is 5.97. The highest BCUT2D eigenvalue weighted by Gasteiger charge is 2.12. The standard InChI is InChI=1S/C20H36N2/c1-5-8-11-17(4)18-12-13-20(19(21)16-18)22(14-9-6-2)15-10-7-3/h12-13,16-17H,5-11,14-15,21H2,1-4H3. The van der Waals surface area contributed by atoms with Gasteiger partial charge in [0, 0.05) is 13.1 Å². The Bertz CT molecular complexity index is 406. The van der Waals surface area contributed by atoms with Gasteiger partial charge in [-0.2, -0.15) is 0 Å². The van der Waals surface area contributed by atoms with Crippen molar-refractivity contribution >= 4 is 11.4 Å². The van der Waals surface area contributed by atoms with Crippen LogP contribution in [-0.4, -0.2) is 13.1 Å². The number of nitrogens with two attached hydrogens (primary N) is 1. The maximum Gasteiger partial charge on any atom is 0.0600 e. The fourth-order valence-electron chi connectivity index (χ4n) is 2.90. The first-order valence-electron chi connectivity index (χ1n) is 9.28. The number of benzene rings is 1. The monoisotopic (exact) mass is 304 g/mol. The van der Waals surface area contributed by atoms with Gasteiger partial charge in [0.05, 0.1) is 11.4 Å². The van der Waals surface area contributed by atoms with E-state index in [0.29, 0.717) is 5.92 Å². The van der Waals surface area contributed by atoms with E-state index in [0.717, 1.165) is 18.8 Å². The van der Waals surface area contributed by atoms with E-state index >= 15 is 0 Å². The van der Waals surface area contributed by atoms with Crippen molar-refractivity contribution in [3.05, 3.63) is 23.8 Å². The number of unbranched alkanes of at least 4 members (excludes halogenated alkanes) is 3. The van der Waals surface area contributed by atoms with Gasteiger partial charge in [-0.15, -0.1) is 0 Å². The van der Waals surface area contributed by atoms with Gasteiger partial charge in [0.1, 0.15) is 0 Å². The molecule has 1 unspecified atom stereocenters. The van der Waals surface area contributed by atoms with E-state index in [9.17, 15) is 0 Å². The molecule has 0 amide bonds. The number of nitrogen functional groups attached to an aromatic ring is 1. The number of nitrogens with zero attached hydrogens (tertiary/aromatic N) is 1. The second-order valence-corrected chi connectivity index (χ2v) is 6.56. The van der Waals surface area contributed by atoms with E-state index in [2.05, 4.69) is 50.8 Å². The second-order valence-electron chi connectivity index (χ2n) is 6.56. The molecule has 0 bridgehead atoms. The first-order valence-corrected chi connectivity index (χ1v) is 9.28. The molecule has 0 aliphatic heterocycles. The first kappa shape index (κ1) is 18.9. The summed E-state index contributed by atoms with van der Waals surface area (Å²) in [7, 11) is 0. The maximum absolute atomic E-state index is 6.39. The minimum atomic E-state index is 0.607. The van der Waals surface area contributed by atoms with Gasteiger partial charge in [-0.1, -0.05) is 59.4 Å². The van der Waals surface area contributed by atoms with Crippen molar-refractivity contribution in [1.29, 1.82) is 0 Å². The molecule has 1 rings (SSSR count). The van der Waals surface area contributed by atoms with Crippen molar-refractivity contribution in [2.45, 2.75) is 78.6 Å². The summed E-state index contributed by atoms with van der Waals surface area (Å²) in [4.78, 5) is 2.48. The van der Waals surface area contributed by atoms with Gasteiger partial charge in [0.2, 0.25) is 0 Å². The Balaban J connectivity index is 2.83. The van der Waals surface area contributed by atoms with Gasteiger partial charge in [0.25, 0.3) is 0 Å². The van der Waals surface area contributed by atoms with Crippen LogP contribution in [-0.2, 0) is 0 Å². The quantitative estimate of drug-likeness (QED) is 0.510. The van der Waals surface area contributed by atoms with Gasteiger partial charge in [-0.3, -0.25) is 0 Å². The smallest absolute Gasteiger partial charge is 0.0600 e. The third-order valence-electron chi connectivity index (χ3n) is 4.52. The highest BCUT2D eigenvalue weighted by molar-refractivity contribution is 5.68. The number of hydrogen-bond donors (Lipinski definition) is 1. The Morgan fingerprint density at radius 1 is 0.955 bits per heavy atom. The van der Waals surface area contributed by atoms with Crippen LogP contribution in [0.1, 0.15) is 84.1 Å². The molecule has 0 saturated heterocycles. The van der Waals surface area contributed by atoms with Crippen LogP contribution in [0.15, 0.2) is 18.2 Å². The Hall–Kier alpha value is -1.18. The lowest BCUT2D eigenvalue weighted by Gasteiger charge is -2.27. The molecule has 0 radical (unpaired) electrons. The van der Waals surface area contributed by atoms with Crippen molar-refractivity contribution < 1.29 is 0 Å². The summed E-state index contributed by atoms with van der Waals surface area (Å²) in [5, 5.41) is 0. The molecule has 1 aromatic carbocycles. The van der Waals surface area contributed by atoms with Crippen molar-refractivity contribution in [3.8, 4) is 0 Å². The Labute approximate surface area is 138 Å². The average molecular weight is 305 g/mol. The number of anilines is 2. The van der Waals surface area contributed by atoms with Crippen molar-refractivity contribution in [2.24, 2.45) is 0 Å². The lowest BCUT2D eigenvalue weighted by Crippen LogP contribution is -2.26. The summed E-state index contributed by atoms with van der Waals surface area (Å²) in [5.41, 5.74) is 9.96. The summed E-state index contributed by atoms with van der Waals surface area (Å²) in [6.07, 6.45) is 8.74. The average Bonchev–Trinajstić information content (AvgIpc) is 2.53. The predicted molar refractivity (Wildman–Crippen MR) is 101 cm³/mol. The molecule has 0 spiro atoms. The summed E-state index contributed by atoms with van der Waals surface area (Å²) < 4.78 is 0. The van der Waals surface area contributed by atoms with E-state index in [1.165, 1.54) is 56.2 Å². The molecule has 0 aliphatic carbocycles. The largest absolute Gasteiger partial charge is 0.397 e. The van der Waals surface area contributed by atoms with Gasteiger partial charge in [-0.25, -0.2) is 0 Å². The fraction of sp³-hybridized carbons (Fsp3) is 0.700. The summed E-state index contributed by atoms with van der Waals surface area (Å²) in [6.45, 7) is 11.3. The summed E-state index contributed by atoms with van der Waals surface area (Å²) in [5.74, 6) is 0.607. The Kier molecular flexibility index (Phi) is 9.03. The second kappa shape index (κ2) is 10.5. The summed E-state index contributed by atoms with van der Waals surface area (Å²) >= 11 is 0. The number of hydrogen-bond acceptors (Lipinski definition) is 2. The molecule has 0 heterocycles. The molecule has 2 nitrogen and oxygen atoms in total. The Morgan fingerprint density at radius 2 is 1.55 bits per heavy atom. The van der Waals surface area contributed by atoms with Crippen molar-refractivity contribution in [2.75, 3.05) is 23.7 Å². The van der Waals surface area contributed by atoms with Gasteiger partial charge in [-0.05, 0) is 42.9 Å². The minimum absolute atomic E-state index is 0.607. The molecule has 22 heavy (non-hydrogen) atoms. The van der Waals surface area contributed by atoms with E-state index in [4.69, 9.17) is 5.73 Å². The van der Waals surface area contributed by atoms with E-state index in [1.807, 2.05) is 0 Å². The highest BCUT2D eigenvalue weighted by atomic mass is 15.1. The molecule has 126 valence electrons. The van der Waals surface area contributed by atoms with Gasteiger partial charge < -0.3 is 10.6 Å². The fourth-order valence-corrected chi connectivity index (χ4v) is 2.90.